The largest absolute Gasteiger partial charge is 0.371 e. The molecule has 0 aliphatic heterocycles. The molecule has 0 aromatic heterocycles. The molecule has 0 bridgehead atoms. The van der Waals surface area contributed by atoms with E-state index >= 15 is 0 Å². The molecule has 4 nitrogen and oxygen atoms in total. The van der Waals surface area contributed by atoms with Crippen molar-refractivity contribution in [1.29, 1.82) is 0 Å². The lowest BCUT2D eigenvalue weighted by molar-refractivity contribution is -0.384. The van der Waals surface area contributed by atoms with Gasteiger partial charge in [0.05, 0.1) is 4.92 Å². The molecule has 1 unspecified atom stereocenters. The number of alkyl halides is 1. The van der Waals surface area contributed by atoms with Gasteiger partial charge < -0.3 is 4.90 Å². The van der Waals surface area contributed by atoms with Gasteiger partial charge in [0.15, 0.2) is 0 Å². The van der Waals surface area contributed by atoms with Crippen LogP contribution in [0, 0.1) is 16.0 Å². The highest BCUT2D eigenvalue weighted by atomic mass is 79.9. The molecule has 0 N–H and O–H groups in total. The summed E-state index contributed by atoms with van der Waals surface area (Å²) in [7, 11) is 2.07. The van der Waals surface area contributed by atoms with Crippen LogP contribution in [0.15, 0.2) is 18.2 Å². The Morgan fingerprint density at radius 3 is 2.72 bits per heavy atom. The van der Waals surface area contributed by atoms with Crippen molar-refractivity contribution in [3.8, 4) is 0 Å². The molecule has 1 aromatic rings. The Hall–Kier alpha value is -1.10. The fourth-order valence-corrected chi connectivity index (χ4v) is 2.70. The predicted octanol–water partition coefficient (Wildman–Crippen LogP) is 3.72. The second kappa shape index (κ2) is 5.26. The van der Waals surface area contributed by atoms with Gasteiger partial charge in [-0.1, -0.05) is 15.9 Å². The first-order valence-electron chi connectivity index (χ1n) is 6.10. The van der Waals surface area contributed by atoms with Crippen molar-refractivity contribution in [3.05, 3.63) is 33.9 Å². The molecule has 18 heavy (non-hydrogen) atoms. The summed E-state index contributed by atoms with van der Waals surface area (Å²) in [5.41, 5.74) is 2.21. The van der Waals surface area contributed by atoms with E-state index in [2.05, 4.69) is 34.8 Å². The second-order valence-electron chi connectivity index (χ2n) is 4.89. The number of halogens is 1. The molecule has 98 valence electrons. The second-order valence-corrected chi connectivity index (χ2v) is 5.45. The van der Waals surface area contributed by atoms with Crippen LogP contribution in [-0.4, -0.2) is 18.0 Å². The molecule has 2 rings (SSSR count). The lowest BCUT2D eigenvalue weighted by Crippen LogP contribution is -2.31. The number of nitrogens with zero attached hydrogens (tertiary/aromatic N) is 2. The van der Waals surface area contributed by atoms with Crippen molar-refractivity contribution in [2.24, 2.45) is 5.92 Å². The number of non-ortho nitro benzene ring substituents is 1. The normalized spacial score (nSPS) is 16.4. The third kappa shape index (κ3) is 2.66. The van der Waals surface area contributed by atoms with Gasteiger partial charge in [-0.05, 0) is 37.3 Å². The number of benzene rings is 1. The zero-order chi connectivity index (χ0) is 13.3. The van der Waals surface area contributed by atoms with Gasteiger partial charge in [-0.25, -0.2) is 0 Å². The van der Waals surface area contributed by atoms with E-state index in [-0.39, 0.29) is 10.6 Å². The maximum absolute atomic E-state index is 10.8. The van der Waals surface area contributed by atoms with Crippen molar-refractivity contribution in [2.75, 3.05) is 11.9 Å². The zero-order valence-electron chi connectivity index (χ0n) is 10.6. The third-order valence-electron chi connectivity index (χ3n) is 3.71. The van der Waals surface area contributed by atoms with E-state index in [1.807, 2.05) is 6.07 Å². The lowest BCUT2D eigenvalue weighted by Gasteiger charge is -2.28. The number of nitro benzene ring substituents is 1. The summed E-state index contributed by atoms with van der Waals surface area (Å²) in [6, 6.07) is 5.58. The molecule has 0 spiro atoms. The topological polar surface area (TPSA) is 46.4 Å². The molecule has 1 aromatic carbocycles. The summed E-state index contributed by atoms with van der Waals surface area (Å²) < 4.78 is 0. The zero-order valence-corrected chi connectivity index (χ0v) is 12.2. The van der Waals surface area contributed by atoms with Gasteiger partial charge in [-0.15, -0.1) is 0 Å². The van der Waals surface area contributed by atoms with Crippen LogP contribution in [0.4, 0.5) is 11.4 Å². The maximum Gasteiger partial charge on any atom is 0.269 e. The molecule has 5 heteroatoms. The van der Waals surface area contributed by atoms with Crippen LogP contribution in [0.25, 0.3) is 0 Å². The van der Waals surface area contributed by atoms with E-state index < -0.39 is 0 Å². The van der Waals surface area contributed by atoms with Gasteiger partial charge in [-0.2, -0.15) is 0 Å². The molecule has 1 atom stereocenters. The van der Waals surface area contributed by atoms with Gasteiger partial charge >= 0.3 is 0 Å². The smallest absolute Gasteiger partial charge is 0.269 e. The van der Waals surface area contributed by atoms with Gasteiger partial charge in [0, 0.05) is 36.2 Å². The molecule has 0 heterocycles. The van der Waals surface area contributed by atoms with Crippen LogP contribution >= 0.6 is 15.9 Å². The number of anilines is 1. The van der Waals surface area contributed by atoms with E-state index in [9.17, 15) is 10.1 Å². The van der Waals surface area contributed by atoms with Crippen LogP contribution in [0.3, 0.4) is 0 Å². The van der Waals surface area contributed by atoms with Crippen molar-refractivity contribution < 1.29 is 4.92 Å². The highest BCUT2D eigenvalue weighted by Gasteiger charge is 2.31. The fraction of sp³-hybridized carbons (Fsp3) is 0.538. The number of hydrogen-bond acceptors (Lipinski definition) is 3. The average Bonchev–Trinajstić information content (AvgIpc) is 3.20. The summed E-state index contributed by atoms with van der Waals surface area (Å²) in [6.07, 6.45) is 2.59. The first-order valence-corrected chi connectivity index (χ1v) is 7.23. The predicted molar refractivity (Wildman–Crippen MR) is 76.3 cm³/mol. The summed E-state index contributed by atoms with van der Waals surface area (Å²) in [5.74, 6) is 0.772. The van der Waals surface area contributed by atoms with Crippen molar-refractivity contribution in [3.63, 3.8) is 0 Å². The molecule has 1 saturated carbocycles. The van der Waals surface area contributed by atoms with Crippen LogP contribution in [0.5, 0.6) is 0 Å². The molecular weight excluding hydrogens is 296 g/mol. The SMILES string of the molecule is CC(C1CC1)N(C)c1ccc([N+](=O)[O-])cc1CBr. The Morgan fingerprint density at radius 2 is 2.22 bits per heavy atom. The maximum atomic E-state index is 10.8. The van der Waals surface area contributed by atoms with E-state index in [1.165, 1.54) is 12.8 Å². The summed E-state index contributed by atoms with van der Waals surface area (Å²) >= 11 is 3.41. The number of rotatable bonds is 5. The van der Waals surface area contributed by atoms with Crippen LogP contribution in [-0.2, 0) is 5.33 Å². The molecule has 1 aliphatic carbocycles. The van der Waals surface area contributed by atoms with E-state index in [0.29, 0.717) is 11.4 Å². The minimum atomic E-state index is -0.347. The van der Waals surface area contributed by atoms with E-state index in [0.717, 1.165) is 17.2 Å². The average molecular weight is 313 g/mol. The Morgan fingerprint density at radius 1 is 1.56 bits per heavy atom. The minimum absolute atomic E-state index is 0.153. The van der Waals surface area contributed by atoms with Crippen LogP contribution in [0.2, 0.25) is 0 Å². The van der Waals surface area contributed by atoms with E-state index in [4.69, 9.17) is 0 Å². The first kappa shape index (κ1) is 13.3. The Labute approximate surface area is 115 Å². The van der Waals surface area contributed by atoms with Crippen LogP contribution in [0.1, 0.15) is 25.3 Å². The molecular formula is C13H17BrN2O2. The molecule has 0 radical (unpaired) electrons. The van der Waals surface area contributed by atoms with Crippen LogP contribution < -0.4 is 4.90 Å². The number of nitro groups is 1. The van der Waals surface area contributed by atoms with Crippen molar-refractivity contribution >= 4 is 27.3 Å². The molecule has 1 aliphatic rings. The highest BCUT2D eigenvalue weighted by molar-refractivity contribution is 9.08. The molecule has 0 saturated heterocycles. The molecule has 1 fully saturated rings. The first-order chi connectivity index (χ1) is 8.54. The van der Waals surface area contributed by atoms with Gasteiger partial charge in [0.25, 0.3) is 5.69 Å². The quantitative estimate of drug-likeness (QED) is 0.473. The Kier molecular flexibility index (Phi) is 3.90. The monoisotopic (exact) mass is 312 g/mol. The third-order valence-corrected chi connectivity index (χ3v) is 4.32. The summed E-state index contributed by atoms with van der Waals surface area (Å²) in [4.78, 5) is 12.7. The summed E-state index contributed by atoms with van der Waals surface area (Å²) in [6.45, 7) is 2.22. The van der Waals surface area contributed by atoms with Gasteiger partial charge in [-0.3, -0.25) is 10.1 Å². The van der Waals surface area contributed by atoms with Gasteiger partial charge in [0.1, 0.15) is 0 Å². The minimum Gasteiger partial charge on any atom is -0.371 e. The Balaban J connectivity index is 2.28. The molecule has 0 amide bonds. The fourth-order valence-electron chi connectivity index (χ4n) is 2.25. The number of hydrogen-bond donors (Lipinski definition) is 0. The highest BCUT2D eigenvalue weighted by Crippen LogP contribution is 2.37. The van der Waals surface area contributed by atoms with E-state index in [1.54, 1.807) is 12.1 Å². The standard InChI is InChI=1S/C13H17BrN2O2/c1-9(10-3-4-10)15(2)13-6-5-12(16(17)18)7-11(13)8-14/h5-7,9-10H,3-4,8H2,1-2H3. The van der Waals surface area contributed by atoms with Gasteiger partial charge in [0.2, 0.25) is 0 Å². The Bertz CT molecular complexity index is 460. The van der Waals surface area contributed by atoms with Crippen molar-refractivity contribution in [1.82, 2.24) is 0 Å². The van der Waals surface area contributed by atoms with Crippen molar-refractivity contribution in [2.45, 2.75) is 31.1 Å². The lowest BCUT2D eigenvalue weighted by atomic mass is 10.1. The summed E-state index contributed by atoms with van der Waals surface area (Å²) in [5, 5.41) is 11.4.